The van der Waals surface area contributed by atoms with Gasteiger partial charge in [0.15, 0.2) is 0 Å². The van der Waals surface area contributed by atoms with Crippen molar-refractivity contribution in [3.05, 3.63) is 71.3 Å². The van der Waals surface area contributed by atoms with E-state index in [4.69, 9.17) is 5.11 Å². The Bertz CT molecular complexity index is 1200. The molecule has 3 aromatic rings. The van der Waals surface area contributed by atoms with Gasteiger partial charge in [0.1, 0.15) is 5.60 Å². The molecule has 1 aromatic heterocycles. The summed E-state index contributed by atoms with van der Waals surface area (Å²) >= 11 is 0. The largest absolute Gasteiger partial charge is 0.478 e. The van der Waals surface area contributed by atoms with Crippen LogP contribution < -0.4 is 5.32 Å². The van der Waals surface area contributed by atoms with Crippen LogP contribution in [0.1, 0.15) is 40.5 Å². The molecule has 0 spiro atoms. The van der Waals surface area contributed by atoms with Crippen LogP contribution >= 0.6 is 0 Å². The van der Waals surface area contributed by atoms with Gasteiger partial charge in [-0.1, -0.05) is 25.1 Å². The Labute approximate surface area is 177 Å². The maximum absolute atomic E-state index is 12.4. The molecule has 0 unspecified atom stereocenters. The highest BCUT2D eigenvalue weighted by Crippen LogP contribution is 2.36. The summed E-state index contributed by atoms with van der Waals surface area (Å²) in [6, 6.07) is 7.92. The molecule has 31 heavy (non-hydrogen) atoms. The summed E-state index contributed by atoms with van der Waals surface area (Å²) < 4.78 is 0. The van der Waals surface area contributed by atoms with Gasteiger partial charge in [0, 0.05) is 24.3 Å². The Morgan fingerprint density at radius 3 is 2.48 bits per heavy atom. The zero-order valence-corrected chi connectivity index (χ0v) is 16.8. The number of nitrogens with one attached hydrogen (secondary N) is 2. The van der Waals surface area contributed by atoms with Gasteiger partial charge in [-0.3, -0.25) is 4.79 Å². The zero-order chi connectivity index (χ0) is 22.8. The number of rotatable bonds is 7. The Balaban J connectivity index is 2.32. The third-order valence-corrected chi connectivity index (χ3v) is 5.19. The number of carboxylic acid groups (broad SMARTS) is 2. The minimum atomic E-state index is -1.48. The van der Waals surface area contributed by atoms with Gasteiger partial charge in [0.2, 0.25) is 0 Å². The molecule has 0 bridgehead atoms. The standard InChI is InChI=1S/C22H21N3O6/c1-3-22(31,17-10-24-11-25-17)13-5-7-14-12(8-13)4-6-15(20(28)23-2)19(14)16(21(29)30)9-18(26)27/h4-11,31H,3H2,1-2H3,(H,23,28)(H,24,25)(H,26,27)(H,29,30)/t22-/m0/s1. The molecule has 0 aliphatic carbocycles. The van der Waals surface area contributed by atoms with Crippen molar-refractivity contribution in [3.8, 4) is 0 Å². The highest BCUT2D eigenvalue weighted by Gasteiger charge is 2.32. The number of carboxylic acids is 2. The molecule has 0 aliphatic rings. The van der Waals surface area contributed by atoms with E-state index >= 15 is 0 Å². The monoisotopic (exact) mass is 423 g/mol. The molecular weight excluding hydrogens is 402 g/mol. The molecule has 5 N–H and O–H groups in total. The van der Waals surface area contributed by atoms with E-state index in [-0.39, 0.29) is 11.1 Å². The zero-order valence-electron chi connectivity index (χ0n) is 16.8. The molecule has 0 saturated carbocycles. The second-order valence-corrected chi connectivity index (χ2v) is 6.88. The lowest BCUT2D eigenvalue weighted by Gasteiger charge is -2.26. The van der Waals surface area contributed by atoms with E-state index in [1.807, 2.05) is 6.92 Å². The summed E-state index contributed by atoms with van der Waals surface area (Å²) in [5.41, 5.74) is -0.852. The number of hydrogen-bond acceptors (Lipinski definition) is 5. The third kappa shape index (κ3) is 3.90. The summed E-state index contributed by atoms with van der Waals surface area (Å²) in [6.45, 7) is 1.81. The van der Waals surface area contributed by atoms with Crippen molar-refractivity contribution in [1.82, 2.24) is 15.3 Å². The summed E-state index contributed by atoms with van der Waals surface area (Å²) in [6.07, 6.45) is 3.88. The van der Waals surface area contributed by atoms with Crippen LogP contribution in [-0.4, -0.2) is 50.2 Å². The molecule has 1 amide bonds. The fraction of sp³-hybridized carbons (Fsp3) is 0.182. The van der Waals surface area contributed by atoms with E-state index in [0.717, 1.165) is 0 Å². The average molecular weight is 423 g/mol. The van der Waals surface area contributed by atoms with Crippen LogP contribution in [0.15, 0.2) is 48.9 Å². The minimum absolute atomic E-state index is 0.0140. The molecule has 0 radical (unpaired) electrons. The van der Waals surface area contributed by atoms with Crippen LogP contribution in [-0.2, 0) is 15.2 Å². The lowest BCUT2D eigenvalue weighted by atomic mass is 9.85. The molecule has 2 aromatic carbocycles. The SMILES string of the molecule is CC[C@](O)(c1ccc2c(C(=CC(=O)O)C(=O)O)c(C(=O)NC)ccc2c1)c1cnc[nH]1. The number of aromatic nitrogens is 2. The number of imidazole rings is 1. The minimum Gasteiger partial charge on any atom is -0.478 e. The number of aliphatic carboxylic acids is 2. The van der Waals surface area contributed by atoms with Crippen molar-refractivity contribution in [1.29, 1.82) is 0 Å². The van der Waals surface area contributed by atoms with Gasteiger partial charge < -0.3 is 25.6 Å². The number of benzene rings is 2. The average Bonchev–Trinajstić information content (AvgIpc) is 3.30. The first kappa shape index (κ1) is 21.7. The van der Waals surface area contributed by atoms with Gasteiger partial charge in [-0.25, -0.2) is 14.6 Å². The summed E-state index contributed by atoms with van der Waals surface area (Å²) in [5.74, 6) is -3.49. The first-order chi connectivity index (χ1) is 14.7. The van der Waals surface area contributed by atoms with E-state index < -0.39 is 29.0 Å². The number of carbonyl (C=O) groups excluding carboxylic acids is 1. The van der Waals surface area contributed by atoms with Crippen LogP contribution in [0.25, 0.3) is 16.3 Å². The third-order valence-electron chi connectivity index (χ3n) is 5.19. The first-order valence-electron chi connectivity index (χ1n) is 9.41. The number of H-pyrrole nitrogens is 1. The summed E-state index contributed by atoms with van der Waals surface area (Å²) in [5, 5.41) is 33.4. The fourth-order valence-corrected chi connectivity index (χ4v) is 3.60. The second-order valence-electron chi connectivity index (χ2n) is 6.88. The molecule has 0 saturated heterocycles. The molecule has 9 heteroatoms. The van der Waals surface area contributed by atoms with E-state index in [2.05, 4.69) is 15.3 Å². The van der Waals surface area contributed by atoms with E-state index in [1.54, 1.807) is 24.3 Å². The number of aromatic amines is 1. The fourth-order valence-electron chi connectivity index (χ4n) is 3.60. The molecule has 1 heterocycles. The van der Waals surface area contributed by atoms with Gasteiger partial charge in [-0.05, 0) is 34.9 Å². The van der Waals surface area contributed by atoms with Crippen LogP contribution in [0.3, 0.4) is 0 Å². The Morgan fingerprint density at radius 1 is 1.19 bits per heavy atom. The molecular formula is C22H21N3O6. The number of amides is 1. The quantitative estimate of drug-likeness (QED) is 0.365. The maximum Gasteiger partial charge on any atom is 0.336 e. The van der Waals surface area contributed by atoms with Crippen molar-refractivity contribution < 1.29 is 29.7 Å². The van der Waals surface area contributed by atoms with Gasteiger partial charge in [0.25, 0.3) is 5.91 Å². The van der Waals surface area contributed by atoms with Crippen molar-refractivity contribution in [2.45, 2.75) is 18.9 Å². The van der Waals surface area contributed by atoms with Crippen LogP contribution in [0.2, 0.25) is 0 Å². The number of nitrogens with zero attached hydrogens (tertiary/aromatic N) is 1. The first-order valence-corrected chi connectivity index (χ1v) is 9.41. The van der Waals surface area contributed by atoms with Gasteiger partial charge in [0.05, 0.1) is 23.8 Å². The predicted octanol–water partition coefficient (Wildman–Crippen LogP) is 2.12. The Kier molecular flexibility index (Phi) is 5.89. The molecule has 9 nitrogen and oxygen atoms in total. The number of aliphatic hydroxyl groups is 1. The lowest BCUT2D eigenvalue weighted by molar-refractivity contribution is -0.133. The van der Waals surface area contributed by atoms with Crippen LogP contribution in [0.5, 0.6) is 0 Å². The van der Waals surface area contributed by atoms with Crippen molar-refractivity contribution >= 4 is 34.2 Å². The number of fused-ring (bicyclic) bond motifs is 1. The molecule has 160 valence electrons. The summed E-state index contributed by atoms with van der Waals surface area (Å²) in [7, 11) is 1.40. The summed E-state index contributed by atoms with van der Waals surface area (Å²) in [4.78, 5) is 42.4. The van der Waals surface area contributed by atoms with Crippen molar-refractivity contribution in [3.63, 3.8) is 0 Å². The topological polar surface area (TPSA) is 153 Å². The van der Waals surface area contributed by atoms with E-state index in [1.165, 1.54) is 25.6 Å². The van der Waals surface area contributed by atoms with E-state index in [9.17, 15) is 24.6 Å². The second kappa shape index (κ2) is 8.41. The van der Waals surface area contributed by atoms with Crippen molar-refractivity contribution in [2.75, 3.05) is 7.05 Å². The van der Waals surface area contributed by atoms with E-state index in [0.29, 0.717) is 34.5 Å². The van der Waals surface area contributed by atoms with Crippen LogP contribution in [0.4, 0.5) is 0 Å². The Morgan fingerprint density at radius 2 is 1.94 bits per heavy atom. The number of carbonyl (C=O) groups is 3. The highest BCUT2D eigenvalue weighted by molar-refractivity contribution is 6.25. The molecule has 3 rings (SSSR count). The van der Waals surface area contributed by atoms with Crippen molar-refractivity contribution in [2.24, 2.45) is 0 Å². The van der Waals surface area contributed by atoms with Gasteiger partial charge in [-0.15, -0.1) is 0 Å². The highest BCUT2D eigenvalue weighted by atomic mass is 16.4. The predicted molar refractivity (Wildman–Crippen MR) is 112 cm³/mol. The van der Waals surface area contributed by atoms with Gasteiger partial charge >= 0.3 is 11.9 Å². The smallest absolute Gasteiger partial charge is 0.336 e. The maximum atomic E-state index is 12.4. The normalized spacial score (nSPS) is 13.6. The van der Waals surface area contributed by atoms with Gasteiger partial charge in [-0.2, -0.15) is 0 Å². The molecule has 0 fully saturated rings. The van der Waals surface area contributed by atoms with Crippen LogP contribution in [0, 0.1) is 0 Å². The number of hydrogen-bond donors (Lipinski definition) is 5. The molecule has 1 atom stereocenters. The lowest BCUT2D eigenvalue weighted by Crippen LogP contribution is -2.26. The molecule has 0 aliphatic heterocycles. The Hall–Kier alpha value is -3.98.